The fourth-order valence-electron chi connectivity index (χ4n) is 2.07. The van der Waals surface area contributed by atoms with Gasteiger partial charge < -0.3 is 10.6 Å². The molecule has 2 N–H and O–H groups in total. The summed E-state index contributed by atoms with van der Waals surface area (Å²) in [5.74, 6) is -2.44. The molecule has 0 unspecified atom stereocenters. The summed E-state index contributed by atoms with van der Waals surface area (Å²) in [6.07, 6.45) is 3.37. The number of carbonyl (C=O) groups excluding carboxylic acids is 2. The van der Waals surface area contributed by atoms with Gasteiger partial charge in [0.25, 0.3) is 11.8 Å². The Kier molecular flexibility index (Phi) is 6.16. The molecule has 0 atom stereocenters. The van der Waals surface area contributed by atoms with Gasteiger partial charge in [-0.3, -0.25) is 14.6 Å². The third-order valence-electron chi connectivity index (χ3n) is 3.47. The lowest BCUT2D eigenvalue weighted by Crippen LogP contribution is -2.26. The monoisotopic (exact) mass is 347 g/mol. The Bertz CT molecular complexity index is 758. The summed E-state index contributed by atoms with van der Waals surface area (Å²) < 4.78 is 27.2. The highest BCUT2D eigenvalue weighted by Gasteiger charge is 2.15. The number of rotatable bonds is 6. The molecule has 0 saturated carbocycles. The van der Waals surface area contributed by atoms with Crippen molar-refractivity contribution in [2.24, 2.45) is 5.92 Å². The Morgan fingerprint density at radius 3 is 2.28 bits per heavy atom. The molecule has 132 valence electrons. The van der Waals surface area contributed by atoms with Crippen LogP contribution in [0.5, 0.6) is 0 Å². The molecule has 1 heterocycles. The summed E-state index contributed by atoms with van der Waals surface area (Å²) in [5.41, 5.74) is -0.316. The van der Waals surface area contributed by atoms with Gasteiger partial charge in [-0.2, -0.15) is 0 Å². The first-order valence-electron chi connectivity index (χ1n) is 7.87. The highest BCUT2D eigenvalue weighted by atomic mass is 19.1. The Labute approximate surface area is 144 Å². The molecule has 0 saturated heterocycles. The summed E-state index contributed by atoms with van der Waals surface area (Å²) in [6, 6.07) is 4.60. The first kappa shape index (κ1) is 18.5. The fourth-order valence-corrected chi connectivity index (χ4v) is 2.07. The maximum Gasteiger partial charge on any atom is 0.257 e. The van der Waals surface area contributed by atoms with E-state index < -0.39 is 23.2 Å². The van der Waals surface area contributed by atoms with Gasteiger partial charge in [-0.15, -0.1) is 0 Å². The molecule has 0 aliphatic carbocycles. The van der Waals surface area contributed by atoms with Crippen LogP contribution in [0, 0.1) is 17.6 Å². The topological polar surface area (TPSA) is 71.1 Å². The molecule has 1 aromatic heterocycles. The van der Waals surface area contributed by atoms with Crippen LogP contribution in [0.25, 0.3) is 0 Å². The number of nitrogens with zero attached hydrogens (tertiary/aromatic N) is 1. The van der Waals surface area contributed by atoms with Gasteiger partial charge in [-0.25, -0.2) is 8.78 Å². The smallest absolute Gasteiger partial charge is 0.257 e. The average molecular weight is 347 g/mol. The maximum absolute atomic E-state index is 13.6. The van der Waals surface area contributed by atoms with Crippen LogP contribution in [0.1, 0.15) is 41.0 Å². The lowest BCUT2D eigenvalue weighted by atomic mass is 10.1. The first-order chi connectivity index (χ1) is 11.9. The minimum atomic E-state index is -0.885. The fraction of sp³-hybridized carbons (Fsp3) is 0.278. The van der Waals surface area contributed by atoms with Crippen molar-refractivity contribution >= 4 is 17.5 Å². The zero-order valence-corrected chi connectivity index (χ0v) is 14.0. The lowest BCUT2D eigenvalue weighted by Gasteiger charge is -2.09. The zero-order valence-electron chi connectivity index (χ0n) is 14.0. The molecule has 0 spiro atoms. The van der Waals surface area contributed by atoms with Crippen LogP contribution in [0.2, 0.25) is 0 Å². The van der Waals surface area contributed by atoms with Crippen molar-refractivity contribution in [1.82, 2.24) is 10.3 Å². The minimum Gasteiger partial charge on any atom is -0.352 e. The van der Waals surface area contributed by atoms with Gasteiger partial charge in [-0.1, -0.05) is 19.9 Å². The first-order valence-corrected chi connectivity index (χ1v) is 7.87. The third kappa shape index (κ3) is 5.07. The van der Waals surface area contributed by atoms with Crippen LogP contribution in [-0.2, 0) is 0 Å². The van der Waals surface area contributed by atoms with Gasteiger partial charge in [0.2, 0.25) is 0 Å². The van der Waals surface area contributed by atoms with E-state index in [9.17, 15) is 18.4 Å². The molecular weight excluding hydrogens is 328 g/mol. The summed E-state index contributed by atoms with van der Waals surface area (Å²) in [7, 11) is 0. The van der Waals surface area contributed by atoms with Crippen molar-refractivity contribution in [3.63, 3.8) is 0 Å². The summed E-state index contributed by atoms with van der Waals surface area (Å²) in [4.78, 5) is 28.1. The number of hydrogen-bond donors (Lipinski definition) is 2. The molecule has 0 bridgehead atoms. The van der Waals surface area contributed by atoms with E-state index in [4.69, 9.17) is 0 Å². The number of halogens is 2. The van der Waals surface area contributed by atoms with Gasteiger partial charge in [0.1, 0.15) is 17.3 Å². The van der Waals surface area contributed by atoms with E-state index in [1.807, 2.05) is 13.8 Å². The van der Waals surface area contributed by atoms with E-state index in [0.29, 0.717) is 12.5 Å². The summed E-state index contributed by atoms with van der Waals surface area (Å²) in [6.45, 7) is 4.59. The Balaban J connectivity index is 2.10. The third-order valence-corrected chi connectivity index (χ3v) is 3.47. The van der Waals surface area contributed by atoms with E-state index in [-0.39, 0.29) is 17.0 Å². The number of pyridine rings is 1. The second-order valence-corrected chi connectivity index (χ2v) is 5.95. The normalized spacial score (nSPS) is 10.6. The largest absolute Gasteiger partial charge is 0.352 e. The number of amides is 2. The van der Waals surface area contributed by atoms with E-state index >= 15 is 0 Å². The van der Waals surface area contributed by atoms with Crippen LogP contribution in [0.4, 0.5) is 14.5 Å². The van der Waals surface area contributed by atoms with Crippen LogP contribution < -0.4 is 10.6 Å². The molecule has 7 heteroatoms. The SMILES string of the molecule is CC(C)CCNC(=O)c1cncc(C(=O)Nc2c(F)cccc2F)c1. The maximum atomic E-state index is 13.6. The van der Waals surface area contributed by atoms with Crippen molar-refractivity contribution in [3.05, 3.63) is 59.4 Å². The molecule has 1 aromatic carbocycles. The number of aromatic nitrogens is 1. The summed E-state index contributed by atoms with van der Waals surface area (Å²) >= 11 is 0. The van der Waals surface area contributed by atoms with Crippen LogP contribution in [0.3, 0.4) is 0 Å². The standard InChI is InChI=1S/C18H19F2N3O2/c1-11(2)6-7-22-17(24)12-8-13(10-21-9-12)18(25)23-16-14(19)4-3-5-15(16)20/h3-5,8-11H,6-7H2,1-2H3,(H,22,24)(H,23,25). The van der Waals surface area contributed by atoms with Gasteiger partial charge >= 0.3 is 0 Å². The van der Waals surface area contributed by atoms with Gasteiger partial charge in [0, 0.05) is 18.9 Å². The van der Waals surface area contributed by atoms with Gasteiger partial charge in [0.15, 0.2) is 0 Å². The predicted molar refractivity (Wildman–Crippen MR) is 90.3 cm³/mol. The second kappa shape index (κ2) is 8.32. The Morgan fingerprint density at radius 2 is 1.68 bits per heavy atom. The van der Waals surface area contributed by atoms with E-state index in [2.05, 4.69) is 15.6 Å². The number of carbonyl (C=O) groups is 2. The number of hydrogen-bond acceptors (Lipinski definition) is 3. The number of nitrogens with one attached hydrogen (secondary N) is 2. The number of benzene rings is 1. The lowest BCUT2D eigenvalue weighted by molar-refractivity contribution is 0.0951. The van der Waals surface area contributed by atoms with Crippen LogP contribution >= 0.6 is 0 Å². The van der Waals surface area contributed by atoms with Crippen molar-refractivity contribution in [2.75, 3.05) is 11.9 Å². The van der Waals surface area contributed by atoms with Crippen LogP contribution in [0.15, 0.2) is 36.7 Å². The molecular formula is C18H19F2N3O2. The summed E-state index contributed by atoms with van der Waals surface area (Å²) in [5, 5.41) is 4.89. The van der Waals surface area contributed by atoms with Crippen LogP contribution in [-0.4, -0.2) is 23.3 Å². The molecule has 0 aliphatic rings. The minimum absolute atomic E-state index is 0.0270. The molecule has 5 nitrogen and oxygen atoms in total. The predicted octanol–water partition coefficient (Wildman–Crippen LogP) is 3.39. The van der Waals surface area contributed by atoms with Gasteiger partial charge in [0.05, 0.1) is 11.1 Å². The Morgan fingerprint density at radius 1 is 1.08 bits per heavy atom. The molecule has 0 radical (unpaired) electrons. The van der Waals surface area contributed by atoms with E-state index in [0.717, 1.165) is 18.6 Å². The highest BCUT2D eigenvalue weighted by Crippen LogP contribution is 2.19. The quantitative estimate of drug-likeness (QED) is 0.841. The average Bonchev–Trinajstić information content (AvgIpc) is 2.58. The zero-order chi connectivity index (χ0) is 18.4. The van der Waals surface area contributed by atoms with E-state index in [1.165, 1.54) is 24.5 Å². The van der Waals surface area contributed by atoms with Crippen molar-refractivity contribution in [3.8, 4) is 0 Å². The molecule has 2 aromatic rings. The molecule has 0 fully saturated rings. The molecule has 2 amide bonds. The molecule has 0 aliphatic heterocycles. The van der Waals surface area contributed by atoms with Crippen molar-refractivity contribution < 1.29 is 18.4 Å². The number of anilines is 1. The second-order valence-electron chi connectivity index (χ2n) is 5.95. The van der Waals surface area contributed by atoms with Crippen molar-refractivity contribution in [1.29, 1.82) is 0 Å². The van der Waals surface area contributed by atoms with Crippen molar-refractivity contribution in [2.45, 2.75) is 20.3 Å². The van der Waals surface area contributed by atoms with Gasteiger partial charge in [-0.05, 0) is 30.5 Å². The Hall–Kier alpha value is -2.83. The molecule has 2 rings (SSSR count). The number of para-hydroxylation sites is 1. The van der Waals surface area contributed by atoms with E-state index in [1.54, 1.807) is 0 Å². The molecule has 25 heavy (non-hydrogen) atoms. The highest BCUT2D eigenvalue weighted by molar-refractivity contribution is 6.05.